The second-order valence-corrected chi connectivity index (χ2v) is 4.37. The van der Waals surface area contributed by atoms with E-state index >= 15 is 0 Å². The Balaban J connectivity index is 2.26. The first-order valence-corrected chi connectivity index (χ1v) is 5.79. The second-order valence-electron chi connectivity index (χ2n) is 4.37. The Labute approximate surface area is 101 Å². The average Bonchev–Trinajstić information content (AvgIpc) is 2.39. The molecule has 0 saturated carbocycles. The Morgan fingerprint density at radius 3 is 2.24 bits per heavy atom. The first kappa shape index (κ1) is 11.8. The molecule has 0 aliphatic carbocycles. The summed E-state index contributed by atoms with van der Waals surface area (Å²) in [6, 6.07) is 12.1. The Hall–Kier alpha value is -1.70. The Morgan fingerprint density at radius 1 is 1.06 bits per heavy atom. The van der Waals surface area contributed by atoms with E-state index in [1.165, 1.54) is 0 Å². The van der Waals surface area contributed by atoms with E-state index in [1.54, 1.807) is 0 Å². The maximum absolute atomic E-state index is 12.5. The lowest BCUT2D eigenvalue weighted by Gasteiger charge is -2.08. The van der Waals surface area contributed by atoms with E-state index in [9.17, 15) is 4.39 Å². The molecule has 17 heavy (non-hydrogen) atoms. The van der Waals surface area contributed by atoms with Crippen molar-refractivity contribution < 1.29 is 4.39 Å². The van der Waals surface area contributed by atoms with Gasteiger partial charge in [-0.2, -0.15) is 0 Å². The van der Waals surface area contributed by atoms with Crippen molar-refractivity contribution in [2.45, 2.75) is 19.8 Å². The molecular weight excluding hydrogens is 213 g/mol. The molecule has 0 aliphatic rings. The number of pyridine rings is 1. The van der Waals surface area contributed by atoms with Crippen LogP contribution in [0.1, 0.15) is 24.1 Å². The molecule has 88 valence electrons. The monoisotopic (exact) mass is 229 g/mol. The average molecular weight is 229 g/mol. The predicted molar refractivity (Wildman–Crippen MR) is 68.8 cm³/mol. The number of halogens is 1. The zero-order chi connectivity index (χ0) is 12.3. The summed E-state index contributed by atoms with van der Waals surface area (Å²) >= 11 is 0. The SMILES string of the molecule is Cc1ccc(-c2ccc(C(C)CF)cc2)cn1. The highest BCUT2D eigenvalue weighted by molar-refractivity contribution is 5.62. The first-order chi connectivity index (χ1) is 8.20. The van der Waals surface area contributed by atoms with Gasteiger partial charge in [-0.3, -0.25) is 9.37 Å². The van der Waals surface area contributed by atoms with Gasteiger partial charge in [0.1, 0.15) is 0 Å². The Kier molecular flexibility index (Phi) is 3.52. The maximum Gasteiger partial charge on any atom is 0.0960 e. The Bertz CT molecular complexity index is 473. The van der Waals surface area contributed by atoms with E-state index in [1.807, 2.05) is 50.4 Å². The summed E-state index contributed by atoms with van der Waals surface area (Å²) < 4.78 is 12.5. The van der Waals surface area contributed by atoms with Crippen molar-refractivity contribution in [1.82, 2.24) is 4.98 Å². The minimum absolute atomic E-state index is 0.0276. The molecule has 1 heterocycles. The highest BCUT2D eigenvalue weighted by atomic mass is 19.1. The number of alkyl halides is 1. The number of rotatable bonds is 3. The van der Waals surface area contributed by atoms with Gasteiger partial charge < -0.3 is 0 Å². The molecule has 0 bridgehead atoms. The predicted octanol–water partition coefficient (Wildman–Crippen LogP) is 4.13. The zero-order valence-electron chi connectivity index (χ0n) is 10.2. The third-order valence-electron chi connectivity index (χ3n) is 2.96. The van der Waals surface area contributed by atoms with Crippen LogP contribution in [-0.4, -0.2) is 11.7 Å². The number of aromatic nitrogens is 1. The minimum Gasteiger partial charge on any atom is -0.261 e. The van der Waals surface area contributed by atoms with Crippen molar-refractivity contribution in [1.29, 1.82) is 0 Å². The van der Waals surface area contributed by atoms with Gasteiger partial charge in [0, 0.05) is 23.4 Å². The van der Waals surface area contributed by atoms with Gasteiger partial charge >= 0.3 is 0 Å². The topological polar surface area (TPSA) is 12.9 Å². The van der Waals surface area contributed by atoms with Gasteiger partial charge in [0.2, 0.25) is 0 Å². The van der Waals surface area contributed by atoms with E-state index in [-0.39, 0.29) is 12.6 Å². The largest absolute Gasteiger partial charge is 0.261 e. The highest BCUT2D eigenvalue weighted by Crippen LogP contribution is 2.22. The summed E-state index contributed by atoms with van der Waals surface area (Å²) in [4.78, 5) is 4.27. The van der Waals surface area contributed by atoms with E-state index in [4.69, 9.17) is 0 Å². The number of nitrogens with zero attached hydrogens (tertiary/aromatic N) is 1. The molecule has 0 fully saturated rings. The number of hydrogen-bond donors (Lipinski definition) is 0. The fourth-order valence-corrected chi connectivity index (χ4v) is 1.73. The Morgan fingerprint density at radius 2 is 1.71 bits per heavy atom. The van der Waals surface area contributed by atoms with Gasteiger partial charge in [-0.1, -0.05) is 37.3 Å². The fourth-order valence-electron chi connectivity index (χ4n) is 1.73. The molecule has 0 radical (unpaired) electrons. The number of aryl methyl sites for hydroxylation is 1. The van der Waals surface area contributed by atoms with Gasteiger partial charge in [-0.15, -0.1) is 0 Å². The maximum atomic E-state index is 12.5. The van der Waals surface area contributed by atoms with Crippen molar-refractivity contribution in [2.75, 3.05) is 6.67 Å². The van der Waals surface area contributed by atoms with Crippen LogP contribution in [-0.2, 0) is 0 Å². The third kappa shape index (κ3) is 2.70. The van der Waals surface area contributed by atoms with Crippen molar-refractivity contribution in [3.8, 4) is 11.1 Å². The molecule has 2 heteroatoms. The molecule has 0 spiro atoms. The third-order valence-corrected chi connectivity index (χ3v) is 2.96. The normalized spacial score (nSPS) is 12.4. The van der Waals surface area contributed by atoms with Gasteiger partial charge in [0.25, 0.3) is 0 Å². The van der Waals surface area contributed by atoms with Crippen molar-refractivity contribution in [3.05, 3.63) is 53.9 Å². The summed E-state index contributed by atoms with van der Waals surface area (Å²) in [5.41, 5.74) is 4.26. The molecule has 0 N–H and O–H groups in total. The first-order valence-electron chi connectivity index (χ1n) is 5.79. The van der Waals surface area contributed by atoms with Crippen LogP contribution in [0, 0.1) is 6.92 Å². The van der Waals surface area contributed by atoms with Gasteiger partial charge in [-0.05, 0) is 24.1 Å². The van der Waals surface area contributed by atoms with Crippen molar-refractivity contribution >= 4 is 0 Å². The van der Waals surface area contributed by atoms with E-state index in [0.717, 1.165) is 22.4 Å². The molecule has 0 amide bonds. The van der Waals surface area contributed by atoms with Crippen LogP contribution >= 0.6 is 0 Å². The van der Waals surface area contributed by atoms with Gasteiger partial charge in [0.05, 0.1) is 6.67 Å². The van der Waals surface area contributed by atoms with Crippen LogP contribution in [0.3, 0.4) is 0 Å². The zero-order valence-corrected chi connectivity index (χ0v) is 10.2. The van der Waals surface area contributed by atoms with Crippen LogP contribution in [0.2, 0.25) is 0 Å². The molecule has 1 nitrogen and oxygen atoms in total. The van der Waals surface area contributed by atoms with E-state index < -0.39 is 0 Å². The summed E-state index contributed by atoms with van der Waals surface area (Å²) in [7, 11) is 0. The lowest BCUT2D eigenvalue weighted by Crippen LogP contribution is -1.94. The molecule has 2 aromatic rings. The highest BCUT2D eigenvalue weighted by Gasteiger charge is 2.05. The lowest BCUT2D eigenvalue weighted by molar-refractivity contribution is 0.447. The summed E-state index contributed by atoms with van der Waals surface area (Å²) in [6.45, 7) is 3.55. The van der Waals surface area contributed by atoms with Crippen molar-refractivity contribution in [3.63, 3.8) is 0 Å². The molecule has 2 rings (SSSR count). The molecule has 1 aromatic heterocycles. The lowest BCUT2D eigenvalue weighted by atomic mass is 9.99. The van der Waals surface area contributed by atoms with Crippen LogP contribution in [0.5, 0.6) is 0 Å². The summed E-state index contributed by atoms with van der Waals surface area (Å²) in [5, 5.41) is 0. The van der Waals surface area contributed by atoms with Crippen LogP contribution in [0.15, 0.2) is 42.6 Å². The van der Waals surface area contributed by atoms with Crippen LogP contribution in [0.25, 0.3) is 11.1 Å². The molecule has 0 aliphatic heterocycles. The second kappa shape index (κ2) is 5.09. The minimum atomic E-state index is -0.314. The molecule has 1 atom stereocenters. The number of hydrogen-bond acceptors (Lipinski definition) is 1. The van der Waals surface area contributed by atoms with Crippen molar-refractivity contribution in [2.24, 2.45) is 0 Å². The van der Waals surface area contributed by atoms with Crippen LogP contribution in [0.4, 0.5) is 4.39 Å². The molecular formula is C15H16FN. The summed E-state index contributed by atoms with van der Waals surface area (Å²) in [6.07, 6.45) is 1.86. The molecule has 1 unspecified atom stereocenters. The standard InChI is InChI=1S/C15H16FN/c1-11(9-16)13-5-7-14(8-6-13)15-4-3-12(2)17-10-15/h3-8,10-11H,9H2,1-2H3. The quantitative estimate of drug-likeness (QED) is 0.771. The van der Waals surface area contributed by atoms with Crippen LogP contribution < -0.4 is 0 Å². The van der Waals surface area contributed by atoms with Gasteiger partial charge in [0.15, 0.2) is 0 Å². The molecule has 1 aromatic carbocycles. The van der Waals surface area contributed by atoms with E-state index in [0.29, 0.717) is 0 Å². The summed E-state index contributed by atoms with van der Waals surface area (Å²) in [5.74, 6) is -0.0276. The molecule has 0 saturated heterocycles. The fraction of sp³-hybridized carbons (Fsp3) is 0.267. The number of benzene rings is 1. The smallest absolute Gasteiger partial charge is 0.0960 e. The van der Waals surface area contributed by atoms with E-state index in [2.05, 4.69) is 11.1 Å². The van der Waals surface area contributed by atoms with Gasteiger partial charge in [-0.25, -0.2) is 0 Å².